The van der Waals surface area contributed by atoms with Crippen molar-refractivity contribution in [2.45, 2.75) is 205 Å². The summed E-state index contributed by atoms with van der Waals surface area (Å²) in [7, 11) is -4.45. The van der Waals surface area contributed by atoms with Crippen LogP contribution in [0.15, 0.2) is 36.5 Å². The van der Waals surface area contributed by atoms with Gasteiger partial charge in [-0.05, 0) is 57.8 Å². The highest BCUT2D eigenvalue weighted by atomic mass is 32.2. The molecule has 8 heteroatoms. The summed E-state index contributed by atoms with van der Waals surface area (Å²) in [5, 5.41) is 23.3. The third-order valence-corrected chi connectivity index (χ3v) is 9.68. The average Bonchev–Trinajstić information content (AvgIpc) is 3.05. The van der Waals surface area contributed by atoms with E-state index in [1.807, 2.05) is 0 Å². The van der Waals surface area contributed by atoms with E-state index in [0.717, 1.165) is 38.5 Å². The van der Waals surface area contributed by atoms with Crippen LogP contribution in [-0.4, -0.2) is 53.1 Å². The lowest BCUT2D eigenvalue weighted by Gasteiger charge is -2.22. The molecule has 0 aromatic heterocycles. The minimum Gasteiger partial charge on any atom is -0.387 e. The van der Waals surface area contributed by atoms with E-state index in [4.69, 9.17) is 0 Å². The Hall–Kier alpha value is -1.48. The van der Waals surface area contributed by atoms with E-state index in [9.17, 15) is 28.0 Å². The van der Waals surface area contributed by atoms with Gasteiger partial charge in [0.05, 0.1) is 17.9 Å². The Morgan fingerprint density at radius 1 is 0.562 bits per heavy atom. The van der Waals surface area contributed by atoms with Crippen LogP contribution in [0.2, 0.25) is 0 Å². The zero-order valence-corrected chi connectivity index (χ0v) is 31.8. The SMILES string of the molecule is CCCCCC/C=C/CC/C=C/C(O)C(CS(=O)(=O)O)NC(=O)C(O)CCCCCCCC/C=C\CCCCCCCCCCCCC. The molecule has 282 valence electrons. The molecule has 7 nitrogen and oxygen atoms in total. The molecule has 0 fully saturated rings. The molecule has 0 aliphatic rings. The van der Waals surface area contributed by atoms with Crippen LogP contribution < -0.4 is 5.32 Å². The largest absolute Gasteiger partial charge is 0.387 e. The van der Waals surface area contributed by atoms with E-state index in [1.54, 1.807) is 6.08 Å². The first kappa shape index (κ1) is 46.5. The lowest BCUT2D eigenvalue weighted by molar-refractivity contribution is -0.130. The van der Waals surface area contributed by atoms with Crippen LogP contribution in [0.25, 0.3) is 0 Å². The van der Waals surface area contributed by atoms with Crippen molar-refractivity contribution in [2.75, 3.05) is 5.75 Å². The third kappa shape index (κ3) is 33.0. The van der Waals surface area contributed by atoms with Crippen molar-refractivity contribution < 1.29 is 28.0 Å². The van der Waals surface area contributed by atoms with Gasteiger partial charge in [-0.2, -0.15) is 8.42 Å². The zero-order chi connectivity index (χ0) is 35.6. The number of hydrogen-bond acceptors (Lipinski definition) is 5. The maximum Gasteiger partial charge on any atom is 0.267 e. The topological polar surface area (TPSA) is 124 Å². The van der Waals surface area contributed by atoms with Crippen LogP contribution in [0, 0.1) is 0 Å². The minimum atomic E-state index is -4.45. The number of rotatable bonds is 35. The van der Waals surface area contributed by atoms with Crippen LogP contribution in [0.3, 0.4) is 0 Å². The Labute approximate surface area is 296 Å². The fourth-order valence-electron chi connectivity index (χ4n) is 5.82. The molecule has 0 saturated heterocycles. The van der Waals surface area contributed by atoms with Crippen LogP contribution >= 0.6 is 0 Å². The fourth-order valence-corrected chi connectivity index (χ4v) is 6.55. The Bertz CT molecular complexity index is 917. The Morgan fingerprint density at radius 3 is 1.40 bits per heavy atom. The van der Waals surface area contributed by atoms with E-state index in [-0.39, 0.29) is 6.42 Å². The van der Waals surface area contributed by atoms with Crippen LogP contribution in [0.1, 0.15) is 187 Å². The summed E-state index contributed by atoms with van der Waals surface area (Å²) in [6.45, 7) is 4.46. The first-order chi connectivity index (χ1) is 23.2. The summed E-state index contributed by atoms with van der Waals surface area (Å²) in [6, 6.07) is -1.25. The molecule has 0 radical (unpaired) electrons. The summed E-state index contributed by atoms with van der Waals surface area (Å²) in [5.41, 5.74) is 0. The molecular weight excluding hydrogens is 623 g/mol. The van der Waals surface area contributed by atoms with Crippen molar-refractivity contribution >= 4 is 16.0 Å². The molecule has 0 bridgehead atoms. The van der Waals surface area contributed by atoms with Crippen molar-refractivity contribution in [3.63, 3.8) is 0 Å². The van der Waals surface area contributed by atoms with Gasteiger partial charge in [-0.3, -0.25) is 9.35 Å². The number of nitrogens with one attached hydrogen (secondary N) is 1. The molecule has 0 spiro atoms. The van der Waals surface area contributed by atoms with E-state index in [2.05, 4.69) is 43.5 Å². The maximum absolute atomic E-state index is 12.5. The molecule has 0 aliphatic heterocycles. The maximum atomic E-state index is 12.5. The lowest BCUT2D eigenvalue weighted by Crippen LogP contribution is -2.50. The summed E-state index contributed by atoms with van der Waals surface area (Å²) < 4.78 is 32.3. The van der Waals surface area contributed by atoms with Gasteiger partial charge in [0, 0.05) is 0 Å². The highest BCUT2D eigenvalue weighted by Gasteiger charge is 2.27. The first-order valence-corrected chi connectivity index (χ1v) is 21.4. The van der Waals surface area contributed by atoms with Crippen molar-refractivity contribution in [1.29, 1.82) is 0 Å². The average molecular weight is 698 g/mol. The van der Waals surface area contributed by atoms with E-state index in [0.29, 0.717) is 12.8 Å². The number of carbonyl (C=O) groups is 1. The number of aliphatic hydroxyl groups excluding tert-OH is 2. The summed E-state index contributed by atoms with van der Waals surface area (Å²) >= 11 is 0. The van der Waals surface area contributed by atoms with E-state index >= 15 is 0 Å². The number of carbonyl (C=O) groups excluding carboxylic acids is 1. The van der Waals surface area contributed by atoms with Gasteiger partial charge < -0.3 is 15.5 Å². The quantitative estimate of drug-likeness (QED) is 0.0297. The predicted molar refractivity (Wildman–Crippen MR) is 204 cm³/mol. The van der Waals surface area contributed by atoms with Crippen LogP contribution in [0.4, 0.5) is 0 Å². The second-order valence-corrected chi connectivity index (χ2v) is 15.2. The van der Waals surface area contributed by atoms with Gasteiger partial charge in [0.15, 0.2) is 0 Å². The summed E-state index contributed by atoms with van der Waals surface area (Å²) in [6.07, 6.45) is 40.7. The molecule has 0 aromatic carbocycles. The number of allylic oxidation sites excluding steroid dienone is 5. The Balaban J connectivity index is 3.99. The summed E-state index contributed by atoms with van der Waals surface area (Å²) in [5.74, 6) is -1.56. The molecule has 4 N–H and O–H groups in total. The minimum absolute atomic E-state index is 0.267. The Kier molecular flexibility index (Phi) is 32.9. The summed E-state index contributed by atoms with van der Waals surface area (Å²) in [4.78, 5) is 12.5. The molecule has 3 unspecified atom stereocenters. The van der Waals surface area contributed by atoms with Gasteiger partial charge in [0.1, 0.15) is 6.10 Å². The van der Waals surface area contributed by atoms with Crippen molar-refractivity contribution in [3.05, 3.63) is 36.5 Å². The Morgan fingerprint density at radius 2 is 0.938 bits per heavy atom. The molecule has 3 atom stereocenters. The fraction of sp³-hybridized carbons (Fsp3) is 0.825. The number of unbranched alkanes of at least 4 members (excludes halogenated alkanes) is 22. The number of amides is 1. The molecule has 0 aliphatic carbocycles. The second kappa shape index (κ2) is 34.0. The number of aliphatic hydroxyl groups is 2. The lowest BCUT2D eigenvalue weighted by atomic mass is 10.0. The third-order valence-electron chi connectivity index (χ3n) is 8.90. The van der Waals surface area contributed by atoms with Crippen molar-refractivity contribution in [2.24, 2.45) is 0 Å². The first-order valence-electron chi connectivity index (χ1n) is 19.8. The predicted octanol–water partition coefficient (Wildman–Crippen LogP) is 10.3. The van der Waals surface area contributed by atoms with Gasteiger partial charge in [-0.25, -0.2) is 0 Å². The van der Waals surface area contributed by atoms with E-state index in [1.165, 1.54) is 122 Å². The van der Waals surface area contributed by atoms with Gasteiger partial charge in [-0.1, -0.05) is 166 Å². The zero-order valence-electron chi connectivity index (χ0n) is 31.0. The van der Waals surface area contributed by atoms with Gasteiger partial charge in [0.2, 0.25) is 5.91 Å². The van der Waals surface area contributed by atoms with Crippen LogP contribution in [-0.2, 0) is 14.9 Å². The molecule has 0 heterocycles. The van der Waals surface area contributed by atoms with Gasteiger partial charge >= 0.3 is 0 Å². The molecule has 0 saturated carbocycles. The standard InChI is InChI=1S/C40H75NO6S/c1-3-5-7-9-11-13-15-16-17-18-19-20-21-22-23-24-25-27-29-31-33-35-39(43)40(44)41-37(36-48(45,46)47)38(42)34-32-30-28-26-14-12-10-8-6-4-2/h14,21-22,26,32,34,37-39,42-43H,3-13,15-20,23-25,27-31,33,35-36H2,1-2H3,(H,41,44)(H,45,46,47)/b22-21-,26-14+,34-32+. The second-order valence-electron chi connectivity index (χ2n) is 13.7. The van der Waals surface area contributed by atoms with Gasteiger partial charge in [-0.15, -0.1) is 0 Å². The normalized spacial score (nSPS) is 14.4. The highest BCUT2D eigenvalue weighted by molar-refractivity contribution is 7.85. The van der Waals surface area contributed by atoms with Gasteiger partial charge in [0.25, 0.3) is 10.1 Å². The molecule has 48 heavy (non-hydrogen) atoms. The molecule has 0 rings (SSSR count). The van der Waals surface area contributed by atoms with Crippen molar-refractivity contribution in [1.82, 2.24) is 5.32 Å². The molecule has 1 amide bonds. The molecule has 0 aromatic rings. The van der Waals surface area contributed by atoms with Crippen LogP contribution in [0.5, 0.6) is 0 Å². The number of hydrogen-bond donors (Lipinski definition) is 4. The van der Waals surface area contributed by atoms with Crippen molar-refractivity contribution in [3.8, 4) is 0 Å². The molecular formula is C40H75NO6S. The van der Waals surface area contributed by atoms with E-state index < -0.39 is 40.0 Å². The smallest absolute Gasteiger partial charge is 0.267 e. The monoisotopic (exact) mass is 698 g/mol. The highest BCUT2D eigenvalue weighted by Crippen LogP contribution is 2.14.